The largest absolute Gasteiger partial charge is 0.117 e. The fraction of sp³-hybridized carbons (Fsp3) is 0.400. The number of alkyl halides is 1. The van der Waals surface area contributed by atoms with Crippen LogP contribution in [0.4, 0.5) is 0 Å². The molecule has 0 unspecified atom stereocenters. The standard InChI is InChI=1S/C5H6I2/c1-4-2-7-3-5(4)6/h3H,2H2,1H3. The molecule has 0 aromatic heterocycles. The van der Waals surface area contributed by atoms with Gasteiger partial charge in [0.05, 0.1) is 0 Å². The zero-order chi connectivity index (χ0) is 5.28. The second kappa shape index (κ2) is 2.57. The highest BCUT2D eigenvalue weighted by Crippen LogP contribution is 2.22. The van der Waals surface area contributed by atoms with Gasteiger partial charge in [0.25, 0.3) is 0 Å². The van der Waals surface area contributed by atoms with Crippen molar-refractivity contribution in [1.29, 1.82) is 0 Å². The molecule has 1 aliphatic heterocycles. The molecule has 0 saturated carbocycles. The van der Waals surface area contributed by atoms with E-state index in [1.807, 2.05) is 0 Å². The highest BCUT2D eigenvalue weighted by molar-refractivity contribution is 14.2. The monoisotopic (exact) mass is 320 g/mol. The van der Waals surface area contributed by atoms with Crippen LogP contribution in [0, 0.1) is 0 Å². The molecule has 1 aliphatic rings. The van der Waals surface area contributed by atoms with E-state index in [-0.39, 0.29) is 0 Å². The number of hydrogen-bond donors (Lipinski definition) is 0. The van der Waals surface area contributed by atoms with Crippen LogP contribution in [0.25, 0.3) is 0 Å². The minimum absolute atomic E-state index is 0.455. The van der Waals surface area contributed by atoms with E-state index in [1.54, 1.807) is 5.57 Å². The average Bonchev–Trinajstić information content (AvgIpc) is 1.91. The van der Waals surface area contributed by atoms with Crippen LogP contribution in [0.5, 0.6) is 0 Å². The number of allylic oxidation sites excluding steroid dienone is 2. The molecule has 0 N–H and O–H groups in total. The van der Waals surface area contributed by atoms with Crippen molar-refractivity contribution in [3.63, 3.8) is 0 Å². The van der Waals surface area contributed by atoms with Crippen LogP contribution < -0.4 is 0 Å². The normalized spacial score (nSPS) is 20.3. The van der Waals surface area contributed by atoms with Gasteiger partial charge in [-0.1, -0.05) is 5.57 Å². The maximum atomic E-state index is 2.41. The van der Waals surface area contributed by atoms with Crippen molar-refractivity contribution in [2.45, 2.75) is 6.92 Å². The van der Waals surface area contributed by atoms with Gasteiger partial charge in [-0.3, -0.25) is 0 Å². The molecule has 40 valence electrons. The molecule has 2 heteroatoms. The maximum Gasteiger partial charge on any atom is 0.0180 e. The van der Waals surface area contributed by atoms with Gasteiger partial charge in [0.15, 0.2) is 0 Å². The van der Waals surface area contributed by atoms with Gasteiger partial charge in [0.1, 0.15) is 0 Å². The smallest absolute Gasteiger partial charge is 0.0180 e. The SMILES string of the molecule is CC1=C(I)C=IC1. The summed E-state index contributed by atoms with van der Waals surface area (Å²) in [5, 5.41) is 0. The third-order valence-corrected chi connectivity index (χ3v) is 5.93. The molecular weight excluding hydrogens is 314 g/mol. The fourth-order valence-electron chi connectivity index (χ4n) is 0.379. The Labute approximate surface area is 67.3 Å². The van der Waals surface area contributed by atoms with E-state index in [0.717, 1.165) is 0 Å². The van der Waals surface area contributed by atoms with E-state index in [9.17, 15) is 0 Å². The first-order chi connectivity index (χ1) is 3.30. The van der Waals surface area contributed by atoms with Crippen LogP contribution in [0.15, 0.2) is 9.15 Å². The summed E-state index contributed by atoms with van der Waals surface area (Å²) in [4.78, 5) is 0. The fourth-order valence-corrected chi connectivity index (χ4v) is 4.63. The number of hydrogen-bond acceptors (Lipinski definition) is 0. The van der Waals surface area contributed by atoms with Gasteiger partial charge in [-0.05, 0) is 33.5 Å². The molecule has 1 rings (SSSR count). The van der Waals surface area contributed by atoms with Gasteiger partial charge in [0, 0.05) is 8.01 Å². The molecule has 0 aliphatic carbocycles. The van der Waals surface area contributed by atoms with Crippen molar-refractivity contribution in [2.24, 2.45) is 0 Å². The van der Waals surface area contributed by atoms with Crippen LogP contribution in [0.3, 0.4) is 0 Å². The van der Waals surface area contributed by atoms with Crippen molar-refractivity contribution in [3.8, 4) is 0 Å². The lowest BCUT2D eigenvalue weighted by Gasteiger charge is -1.84. The van der Waals surface area contributed by atoms with Gasteiger partial charge < -0.3 is 0 Å². The third-order valence-electron chi connectivity index (χ3n) is 0.858. The molecule has 0 atom stereocenters. The van der Waals surface area contributed by atoms with Gasteiger partial charge in [-0.15, -0.1) is 20.7 Å². The Kier molecular flexibility index (Phi) is 2.27. The van der Waals surface area contributed by atoms with Crippen molar-refractivity contribution in [2.75, 3.05) is 4.43 Å². The average molecular weight is 320 g/mol. The van der Waals surface area contributed by atoms with Crippen molar-refractivity contribution < 1.29 is 0 Å². The first-order valence-corrected chi connectivity index (χ1v) is 5.92. The zero-order valence-electron chi connectivity index (χ0n) is 4.04. The second-order valence-corrected chi connectivity index (χ2v) is 4.95. The molecule has 1 heterocycles. The maximum absolute atomic E-state index is 2.41. The molecule has 0 nitrogen and oxygen atoms in total. The molecule has 0 bridgehead atoms. The highest BCUT2D eigenvalue weighted by Gasteiger charge is 1.98. The topological polar surface area (TPSA) is 0 Å². The van der Waals surface area contributed by atoms with Gasteiger partial charge >= 0.3 is 0 Å². The summed E-state index contributed by atoms with van der Waals surface area (Å²) in [5.74, 6) is 0. The molecule has 7 heavy (non-hydrogen) atoms. The summed E-state index contributed by atoms with van der Waals surface area (Å²) in [6, 6.07) is 0. The van der Waals surface area contributed by atoms with Crippen LogP contribution in [-0.2, 0) is 0 Å². The lowest BCUT2D eigenvalue weighted by molar-refractivity contribution is 1.46. The van der Waals surface area contributed by atoms with Gasteiger partial charge in [-0.2, -0.15) is 0 Å². The van der Waals surface area contributed by atoms with E-state index in [2.05, 4.69) is 33.5 Å². The van der Waals surface area contributed by atoms with E-state index in [1.165, 1.54) is 8.01 Å². The number of rotatable bonds is 0. The Morgan fingerprint density at radius 3 is 2.71 bits per heavy atom. The Balaban J connectivity index is 2.79. The van der Waals surface area contributed by atoms with Gasteiger partial charge in [0.2, 0.25) is 0 Å². The summed E-state index contributed by atoms with van der Waals surface area (Å²) in [6.07, 6.45) is 0. The summed E-state index contributed by atoms with van der Waals surface area (Å²) in [6.45, 7) is 2.23. The van der Waals surface area contributed by atoms with Crippen LogP contribution in [0.2, 0.25) is 0 Å². The Bertz CT molecular complexity index is 133. The van der Waals surface area contributed by atoms with Crippen LogP contribution in [-0.4, -0.2) is 8.44 Å². The van der Waals surface area contributed by atoms with E-state index in [4.69, 9.17) is 0 Å². The Morgan fingerprint density at radius 2 is 2.57 bits per heavy atom. The van der Waals surface area contributed by atoms with Crippen molar-refractivity contribution >= 4 is 47.3 Å². The Morgan fingerprint density at radius 1 is 1.86 bits per heavy atom. The second-order valence-electron chi connectivity index (χ2n) is 1.53. The summed E-state index contributed by atoms with van der Waals surface area (Å²) < 4.78 is 5.32. The Hall–Kier alpha value is 1.07. The van der Waals surface area contributed by atoms with Crippen LogP contribution in [0.1, 0.15) is 6.92 Å². The van der Waals surface area contributed by atoms with E-state index < -0.39 is 0 Å². The van der Waals surface area contributed by atoms with Gasteiger partial charge in [-0.25, -0.2) is 0 Å². The molecule has 0 saturated heterocycles. The van der Waals surface area contributed by atoms with E-state index >= 15 is 0 Å². The molecule has 0 amide bonds. The molecule has 0 aromatic rings. The minimum Gasteiger partial charge on any atom is -0.117 e. The quantitative estimate of drug-likeness (QED) is 0.475. The molecule has 0 fully saturated rings. The van der Waals surface area contributed by atoms with Crippen molar-refractivity contribution in [3.05, 3.63) is 9.15 Å². The van der Waals surface area contributed by atoms with Crippen molar-refractivity contribution in [1.82, 2.24) is 0 Å². The molecule has 0 spiro atoms. The lowest BCUT2D eigenvalue weighted by Crippen LogP contribution is -1.71. The summed E-state index contributed by atoms with van der Waals surface area (Å²) >= 11 is 2.86. The lowest BCUT2D eigenvalue weighted by atomic mass is 10.3. The predicted molar refractivity (Wildman–Crippen MR) is 51.7 cm³/mol. The van der Waals surface area contributed by atoms with E-state index in [0.29, 0.717) is 20.7 Å². The minimum atomic E-state index is 0.455. The number of halogens is 2. The molecular formula is C5H6I2. The predicted octanol–water partition coefficient (Wildman–Crippen LogP) is 2.48. The molecule has 0 radical (unpaired) electrons. The third kappa shape index (κ3) is 1.48. The summed E-state index contributed by atoms with van der Waals surface area (Å²) in [7, 11) is 0. The first-order valence-electron chi connectivity index (χ1n) is 2.07. The summed E-state index contributed by atoms with van der Waals surface area (Å²) in [5.41, 5.74) is 1.61. The highest BCUT2D eigenvalue weighted by atomic mass is 127. The molecule has 0 aromatic carbocycles. The first kappa shape index (κ1) is 6.19. The zero-order valence-corrected chi connectivity index (χ0v) is 8.36. The van der Waals surface area contributed by atoms with Crippen LogP contribution >= 0.6 is 43.3 Å².